The van der Waals surface area contributed by atoms with Crippen LogP contribution in [-0.2, 0) is 0 Å². The highest BCUT2D eigenvalue weighted by Crippen LogP contribution is 2.41. The van der Waals surface area contributed by atoms with Crippen LogP contribution in [0.25, 0.3) is 11.0 Å². The van der Waals surface area contributed by atoms with Gasteiger partial charge in [-0.2, -0.15) is 0 Å². The van der Waals surface area contributed by atoms with Gasteiger partial charge < -0.3 is 9.52 Å². The van der Waals surface area contributed by atoms with Crippen molar-refractivity contribution in [3.63, 3.8) is 0 Å². The summed E-state index contributed by atoms with van der Waals surface area (Å²) >= 11 is 0. The van der Waals surface area contributed by atoms with Crippen LogP contribution in [0.2, 0.25) is 0 Å². The van der Waals surface area contributed by atoms with Gasteiger partial charge in [0.1, 0.15) is 17.2 Å². The van der Waals surface area contributed by atoms with E-state index >= 15 is 0 Å². The van der Waals surface area contributed by atoms with Crippen LogP contribution in [0.1, 0.15) is 44.4 Å². The fraction of sp³-hybridized carbons (Fsp3) is 0.160. The summed E-state index contributed by atoms with van der Waals surface area (Å²) in [5, 5.41) is 10.5. The van der Waals surface area contributed by atoms with Crippen molar-refractivity contribution >= 4 is 22.7 Å². The molecule has 0 aliphatic carbocycles. The predicted octanol–water partition coefficient (Wildman–Crippen LogP) is 4.57. The van der Waals surface area contributed by atoms with Crippen LogP contribution in [-0.4, -0.2) is 16.0 Å². The van der Waals surface area contributed by atoms with Gasteiger partial charge in [-0.05, 0) is 73.4 Å². The lowest BCUT2D eigenvalue weighted by Crippen LogP contribution is -2.30. The minimum absolute atomic E-state index is 0.0106. The molecule has 4 aromatic rings. The zero-order valence-electron chi connectivity index (χ0n) is 17.3. The molecule has 5 rings (SSSR count). The number of phenolic OH excluding ortho intramolecular Hbond substituents is 1. The molecule has 2 aromatic heterocycles. The van der Waals surface area contributed by atoms with Crippen molar-refractivity contribution < 1.29 is 14.3 Å². The number of hydrogen-bond donors (Lipinski definition) is 1. The van der Waals surface area contributed by atoms with Crippen molar-refractivity contribution in [3.05, 3.63) is 98.5 Å². The smallest absolute Gasteiger partial charge is 0.296 e. The van der Waals surface area contributed by atoms with E-state index in [-0.39, 0.29) is 22.5 Å². The number of aromatic nitrogens is 1. The van der Waals surface area contributed by atoms with Crippen molar-refractivity contribution in [2.45, 2.75) is 26.8 Å². The third kappa shape index (κ3) is 2.91. The van der Waals surface area contributed by atoms with Crippen LogP contribution in [0.4, 0.5) is 5.82 Å². The van der Waals surface area contributed by atoms with E-state index in [0.717, 1.165) is 16.7 Å². The zero-order valence-corrected chi connectivity index (χ0v) is 17.3. The molecule has 0 saturated carbocycles. The number of rotatable bonds is 2. The molecule has 0 radical (unpaired) electrons. The van der Waals surface area contributed by atoms with Crippen molar-refractivity contribution in [1.82, 2.24) is 4.98 Å². The van der Waals surface area contributed by atoms with E-state index in [9.17, 15) is 14.7 Å². The third-order valence-corrected chi connectivity index (χ3v) is 5.82. The molecule has 1 atom stereocenters. The third-order valence-electron chi connectivity index (χ3n) is 5.82. The molecule has 1 aliphatic rings. The number of phenols is 1. The van der Waals surface area contributed by atoms with Gasteiger partial charge >= 0.3 is 0 Å². The molecule has 0 unspecified atom stereocenters. The first-order chi connectivity index (χ1) is 14.8. The molecule has 6 nitrogen and oxygen atoms in total. The Hall–Kier alpha value is -3.93. The molecule has 0 fully saturated rings. The highest BCUT2D eigenvalue weighted by molar-refractivity contribution is 6.10. The van der Waals surface area contributed by atoms with E-state index in [4.69, 9.17) is 4.42 Å². The minimum atomic E-state index is -0.757. The molecule has 0 saturated heterocycles. The van der Waals surface area contributed by atoms with Crippen molar-refractivity contribution in [3.8, 4) is 5.75 Å². The largest absolute Gasteiger partial charge is 0.508 e. The summed E-state index contributed by atoms with van der Waals surface area (Å²) < 4.78 is 6.01. The van der Waals surface area contributed by atoms with Gasteiger partial charge in [-0.25, -0.2) is 4.98 Å². The lowest BCUT2D eigenvalue weighted by molar-refractivity contribution is 0.0970. The van der Waals surface area contributed by atoms with Crippen molar-refractivity contribution in [1.29, 1.82) is 0 Å². The number of nitrogens with zero attached hydrogens (tertiary/aromatic N) is 2. The van der Waals surface area contributed by atoms with E-state index in [1.165, 1.54) is 4.90 Å². The van der Waals surface area contributed by atoms with Gasteiger partial charge in [0.2, 0.25) is 5.76 Å². The molecular formula is C25H20N2O4. The molecule has 1 aliphatic heterocycles. The van der Waals surface area contributed by atoms with Crippen molar-refractivity contribution in [2.24, 2.45) is 0 Å². The number of fused-ring (bicyclic) bond motifs is 2. The van der Waals surface area contributed by atoms with Gasteiger partial charge in [0.15, 0.2) is 5.43 Å². The topological polar surface area (TPSA) is 83.6 Å². The molecule has 6 heteroatoms. The molecule has 154 valence electrons. The van der Waals surface area contributed by atoms with Crippen LogP contribution < -0.4 is 10.3 Å². The molecule has 31 heavy (non-hydrogen) atoms. The number of benzene rings is 2. The van der Waals surface area contributed by atoms with Gasteiger partial charge in [0, 0.05) is 6.20 Å². The minimum Gasteiger partial charge on any atom is -0.508 e. The predicted molar refractivity (Wildman–Crippen MR) is 118 cm³/mol. The Bertz CT molecular complexity index is 1420. The van der Waals surface area contributed by atoms with E-state index < -0.39 is 11.9 Å². The standard InChI is InChI=1S/C25H20N2O4/c1-13-7-8-20(26-12-13)27-22(16-5-4-6-17(28)11-16)21-23(29)18-9-14(2)15(3)10-19(18)31-24(21)25(27)30/h4-12,22,28H,1-3H3/t22-/m0/s1. The maximum atomic E-state index is 13.6. The highest BCUT2D eigenvalue weighted by atomic mass is 16.3. The molecule has 0 bridgehead atoms. The second-order valence-corrected chi connectivity index (χ2v) is 7.97. The monoisotopic (exact) mass is 412 g/mol. The normalized spacial score (nSPS) is 15.5. The number of carbonyl (C=O) groups is 1. The molecular weight excluding hydrogens is 392 g/mol. The second-order valence-electron chi connectivity index (χ2n) is 7.97. The van der Waals surface area contributed by atoms with Gasteiger partial charge in [-0.15, -0.1) is 0 Å². The first-order valence-electron chi connectivity index (χ1n) is 9.98. The van der Waals surface area contributed by atoms with Crippen LogP contribution in [0.5, 0.6) is 5.75 Å². The average molecular weight is 412 g/mol. The fourth-order valence-electron chi connectivity index (χ4n) is 4.08. The summed E-state index contributed by atoms with van der Waals surface area (Å²) in [4.78, 5) is 33.0. The van der Waals surface area contributed by atoms with Crippen LogP contribution >= 0.6 is 0 Å². The second kappa shape index (κ2) is 6.80. The molecule has 1 amide bonds. The Morgan fingerprint density at radius 2 is 1.77 bits per heavy atom. The number of hydrogen-bond acceptors (Lipinski definition) is 5. The maximum Gasteiger partial charge on any atom is 0.296 e. The van der Waals surface area contributed by atoms with Gasteiger partial charge in [-0.1, -0.05) is 18.2 Å². The van der Waals surface area contributed by atoms with E-state index in [0.29, 0.717) is 22.4 Å². The summed E-state index contributed by atoms with van der Waals surface area (Å²) in [6.45, 7) is 5.77. The van der Waals surface area contributed by atoms with E-state index in [1.54, 1.807) is 48.7 Å². The van der Waals surface area contributed by atoms with Gasteiger partial charge in [-0.3, -0.25) is 14.5 Å². The number of amides is 1. The molecule has 0 spiro atoms. The number of carbonyl (C=O) groups excluding carboxylic acids is 1. The first-order valence-corrected chi connectivity index (χ1v) is 9.98. The summed E-state index contributed by atoms with van der Waals surface area (Å²) in [6, 6.07) is 13.0. The number of anilines is 1. The quantitative estimate of drug-likeness (QED) is 0.521. The molecule has 3 heterocycles. The fourth-order valence-corrected chi connectivity index (χ4v) is 4.08. The Balaban J connectivity index is 1.83. The Morgan fingerprint density at radius 1 is 1.00 bits per heavy atom. The molecule has 1 N–H and O–H groups in total. The lowest BCUT2D eigenvalue weighted by Gasteiger charge is -2.24. The van der Waals surface area contributed by atoms with Crippen LogP contribution in [0.15, 0.2) is 63.9 Å². The summed E-state index contributed by atoms with van der Waals surface area (Å²) in [6.07, 6.45) is 1.67. The Morgan fingerprint density at radius 3 is 2.48 bits per heavy atom. The lowest BCUT2D eigenvalue weighted by atomic mass is 9.97. The summed E-state index contributed by atoms with van der Waals surface area (Å²) in [5.74, 6) is 0.0337. The number of aryl methyl sites for hydroxylation is 3. The zero-order chi connectivity index (χ0) is 21.9. The SMILES string of the molecule is Cc1ccc(N2C(=O)c3oc4cc(C)c(C)cc4c(=O)c3[C@@H]2c2cccc(O)c2)nc1. The Kier molecular flexibility index (Phi) is 4.18. The van der Waals surface area contributed by atoms with Crippen LogP contribution in [0.3, 0.4) is 0 Å². The van der Waals surface area contributed by atoms with Gasteiger partial charge in [0.05, 0.1) is 17.0 Å². The van der Waals surface area contributed by atoms with E-state index in [1.807, 2.05) is 26.8 Å². The van der Waals surface area contributed by atoms with Gasteiger partial charge in [0.25, 0.3) is 5.91 Å². The van der Waals surface area contributed by atoms with Crippen molar-refractivity contribution in [2.75, 3.05) is 4.90 Å². The van der Waals surface area contributed by atoms with E-state index in [2.05, 4.69) is 4.98 Å². The summed E-state index contributed by atoms with van der Waals surface area (Å²) in [7, 11) is 0. The average Bonchev–Trinajstić information content (AvgIpc) is 3.03. The Labute approximate surface area is 178 Å². The van der Waals surface area contributed by atoms with Crippen LogP contribution in [0, 0.1) is 20.8 Å². The first kappa shape index (κ1) is 19.1. The molecule has 2 aromatic carbocycles. The highest BCUT2D eigenvalue weighted by Gasteiger charge is 2.44. The maximum absolute atomic E-state index is 13.6. The number of aromatic hydroxyl groups is 1. The number of pyridine rings is 1. The summed E-state index contributed by atoms with van der Waals surface area (Å²) in [5.41, 5.74) is 3.88.